The van der Waals surface area contributed by atoms with Gasteiger partial charge in [0.25, 0.3) is 0 Å². The highest BCUT2D eigenvalue weighted by molar-refractivity contribution is 9.10. The summed E-state index contributed by atoms with van der Waals surface area (Å²) in [4.78, 5) is 4.44. The van der Waals surface area contributed by atoms with Crippen LogP contribution in [0.5, 0.6) is 0 Å². The number of anilines is 1. The number of nitrogens with zero attached hydrogens (tertiary/aromatic N) is 2. The third kappa shape index (κ3) is 2.40. The van der Waals surface area contributed by atoms with Gasteiger partial charge in [-0.05, 0) is 53.9 Å². The summed E-state index contributed by atoms with van der Waals surface area (Å²) in [5.74, 6) is 0.579. The zero-order valence-corrected chi connectivity index (χ0v) is 12.9. The number of fused-ring (bicyclic) bond motifs is 1. The van der Waals surface area contributed by atoms with Crippen LogP contribution in [0.2, 0.25) is 0 Å². The molecule has 0 fully saturated rings. The Morgan fingerprint density at radius 2 is 2.26 bits per heavy atom. The minimum absolute atomic E-state index is 0.292. The molecule has 0 saturated heterocycles. The maximum Gasteiger partial charge on any atom is 0.201 e. The smallest absolute Gasteiger partial charge is 0.201 e. The Morgan fingerprint density at radius 3 is 3.00 bits per heavy atom. The summed E-state index contributed by atoms with van der Waals surface area (Å²) in [6, 6.07) is 8.54. The first-order valence-electron chi connectivity index (χ1n) is 6.09. The fraction of sp³-hybridized carbons (Fsp3) is 0.214. The number of halogens is 1. The lowest BCUT2D eigenvalue weighted by molar-refractivity contribution is 0.567. The highest BCUT2D eigenvalue weighted by atomic mass is 79.9. The van der Waals surface area contributed by atoms with Crippen LogP contribution in [-0.2, 0) is 6.42 Å². The van der Waals surface area contributed by atoms with Crippen molar-refractivity contribution in [2.24, 2.45) is 0 Å². The molecule has 3 nitrogen and oxygen atoms in total. The molecule has 0 radical (unpaired) electrons. The molecule has 98 valence electrons. The van der Waals surface area contributed by atoms with Crippen LogP contribution in [0.3, 0.4) is 0 Å². The highest BCUT2D eigenvalue weighted by Gasteiger charge is 2.14. The van der Waals surface area contributed by atoms with Gasteiger partial charge in [0.1, 0.15) is 0 Å². The van der Waals surface area contributed by atoms with Crippen molar-refractivity contribution in [1.82, 2.24) is 9.55 Å². The fourth-order valence-corrected chi connectivity index (χ4v) is 3.43. The van der Waals surface area contributed by atoms with E-state index in [-0.39, 0.29) is 0 Å². The lowest BCUT2D eigenvalue weighted by Crippen LogP contribution is -2.11. The molecule has 0 bridgehead atoms. The van der Waals surface area contributed by atoms with Crippen LogP contribution in [0.15, 0.2) is 39.5 Å². The standard InChI is InChI=1S/C14H14BrN3S/c1-9(6-10-4-5-19-8-10)18-13-3-2-11(15)7-12(13)17-14(18)16/h2-5,7-9H,6H2,1H3,(H2,16,17). The van der Waals surface area contributed by atoms with Gasteiger partial charge in [0.05, 0.1) is 11.0 Å². The largest absolute Gasteiger partial charge is 0.369 e. The molecule has 2 N–H and O–H groups in total. The number of hydrogen-bond acceptors (Lipinski definition) is 3. The second kappa shape index (κ2) is 4.98. The summed E-state index contributed by atoms with van der Waals surface area (Å²) in [6.45, 7) is 2.18. The average Bonchev–Trinajstić information content (AvgIpc) is 2.95. The van der Waals surface area contributed by atoms with E-state index < -0.39 is 0 Å². The van der Waals surface area contributed by atoms with Gasteiger partial charge in [-0.25, -0.2) is 4.98 Å². The van der Waals surface area contributed by atoms with Crippen LogP contribution in [0, 0.1) is 0 Å². The van der Waals surface area contributed by atoms with Crippen molar-refractivity contribution < 1.29 is 0 Å². The summed E-state index contributed by atoms with van der Waals surface area (Å²) in [5, 5.41) is 4.29. The number of thiophene rings is 1. The van der Waals surface area contributed by atoms with Crippen LogP contribution < -0.4 is 5.73 Å². The van der Waals surface area contributed by atoms with Crippen molar-refractivity contribution in [2.45, 2.75) is 19.4 Å². The minimum Gasteiger partial charge on any atom is -0.369 e. The first kappa shape index (κ1) is 12.7. The molecule has 0 aliphatic carbocycles. The number of rotatable bonds is 3. The predicted molar refractivity (Wildman–Crippen MR) is 84.6 cm³/mol. The van der Waals surface area contributed by atoms with E-state index in [1.54, 1.807) is 11.3 Å². The molecule has 2 aromatic heterocycles. The molecule has 3 rings (SSSR count). The molecule has 1 aromatic carbocycles. The van der Waals surface area contributed by atoms with Crippen LogP contribution in [0.25, 0.3) is 11.0 Å². The lowest BCUT2D eigenvalue weighted by Gasteiger charge is -2.15. The van der Waals surface area contributed by atoms with Gasteiger partial charge in [-0.2, -0.15) is 11.3 Å². The van der Waals surface area contributed by atoms with E-state index in [4.69, 9.17) is 5.73 Å². The average molecular weight is 336 g/mol. The molecule has 1 unspecified atom stereocenters. The fourth-order valence-electron chi connectivity index (χ4n) is 2.39. The van der Waals surface area contributed by atoms with Gasteiger partial charge in [0, 0.05) is 10.5 Å². The van der Waals surface area contributed by atoms with Gasteiger partial charge in [0.15, 0.2) is 0 Å². The second-order valence-corrected chi connectivity index (χ2v) is 6.35. The topological polar surface area (TPSA) is 43.8 Å². The molecule has 5 heteroatoms. The Bertz CT molecular complexity index is 703. The van der Waals surface area contributed by atoms with E-state index in [0.717, 1.165) is 21.9 Å². The maximum absolute atomic E-state index is 6.07. The van der Waals surface area contributed by atoms with E-state index in [0.29, 0.717) is 12.0 Å². The number of benzene rings is 1. The van der Waals surface area contributed by atoms with E-state index >= 15 is 0 Å². The normalized spacial score (nSPS) is 12.9. The molecule has 19 heavy (non-hydrogen) atoms. The van der Waals surface area contributed by atoms with Gasteiger partial charge >= 0.3 is 0 Å². The summed E-state index contributed by atoms with van der Waals surface area (Å²) in [6.07, 6.45) is 0.967. The Kier molecular flexibility index (Phi) is 3.33. The van der Waals surface area contributed by atoms with Gasteiger partial charge < -0.3 is 10.3 Å². The van der Waals surface area contributed by atoms with Crippen molar-refractivity contribution in [1.29, 1.82) is 0 Å². The summed E-state index contributed by atoms with van der Waals surface area (Å²) in [5.41, 5.74) is 9.44. The SMILES string of the molecule is CC(Cc1ccsc1)n1c(N)nc2cc(Br)ccc21. The van der Waals surface area contributed by atoms with Crippen molar-refractivity contribution in [3.05, 3.63) is 45.1 Å². The number of nitrogen functional groups attached to an aromatic ring is 1. The van der Waals surface area contributed by atoms with Gasteiger partial charge in [0.2, 0.25) is 5.95 Å². The van der Waals surface area contributed by atoms with Crippen LogP contribution >= 0.6 is 27.3 Å². The number of nitrogens with two attached hydrogens (primary N) is 1. The predicted octanol–water partition coefficient (Wildman–Crippen LogP) is 4.25. The highest BCUT2D eigenvalue weighted by Crippen LogP contribution is 2.27. The van der Waals surface area contributed by atoms with E-state index in [1.165, 1.54) is 5.56 Å². The lowest BCUT2D eigenvalue weighted by atomic mass is 10.1. The van der Waals surface area contributed by atoms with E-state index in [9.17, 15) is 0 Å². The van der Waals surface area contributed by atoms with Crippen LogP contribution in [0.4, 0.5) is 5.95 Å². The monoisotopic (exact) mass is 335 g/mol. The number of aromatic nitrogens is 2. The number of imidazole rings is 1. The second-order valence-electron chi connectivity index (χ2n) is 4.66. The molecule has 0 saturated carbocycles. The van der Waals surface area contributed by atoms with E-state index in [2.05, 4.69) is 55.3 Å². The first-order valence-corrected chi connectivity index (χ1v) is 7.83. The molecule has 2 heterocycles. The summed E-state index contributed by atoms with van der Waals surface area (Å²) in [7, 11) is 0. The Balaban J connectivity index is 2.01. The third-order valence-electron chi connectivity index (χ3n) is 3.23. The van der Waals surface area contributed by atoms with Gasteiger partial charge in [-0.15, -0.1) is 0 Å². The quantitative estimate of drug-likeness (QED) is 0.777. The summed E-state index contributed by atoms with van der Waals surface area (Å²) >= 11 is 5.19. The molecule has 0 aliphatic rings. The minimum atomic E-state index is 0.292. The van der Waals surface area contributed by atoms with Crippen molar-refractivity contribution in [3.63, 3.8) is 0 Å². The zero-order valence-electron chi connectivity index (χ0n) is 10.5. The molecule has 0 spiro atoms. The first-order chi connectivity index (χ1) is 9.15. The van der Waals surface area contributed by atoms with Crippen molar-refractivity contribution >= 4 is 44.2 Å². The van der Waals surface area contributed by atoms with E-state index in [1.807, 2.05) is 12.1 Å². The zero-order chi connectivity index (χ0) is 13.4. The Hall–Kier alpha value is -1.33. The molecule has 0 amide bonds. The molecule has 0 aliphatic heterocycles. The van der Waals surface area contributed by atoms with Crippen LogP contribution in [0.1, 0.15) is 18.5 Å². The molecular weight excluding hydrogens is 322 g/mol. The third-order valence-corrected chi connectivity index (χ3v) is 4.46. The molecular formula is C14H14BrN3S. The maximum atomic E-state index is 6.07. The van der Waals surface area contributed by atoms with Gasteiger partial charge in [-0.1, -0.05) is 15.9 Å². The summed E-state index contributed by atoms with van der Waals surface area (Å²) < 4.78 is 3.13. The van der Waals surface area contributed by atoms with Crippen molar-refractivity contribution in [2.75, 3.05) is 5.73 Å². The molecule has 1 atom stereocenters. The Morgan fingerprint density at radius 1 is 1.42 bits per heavy atom. The van der Waals surface area contributed by atoms with Crippen molar-refractivity contribution in [3.8, 4) is 0 Å². The number of hydrogen-bond donors (Lipinski definition) is 1. The molecule has 3 aromatic rings. The Labute approximate surface area is 124 Å². The van der Waals surface area contributed by atoms with Crippen LogP contribution in [-0.4, -0.2) is 9.55 Å². The van der Waals surface area contributed by atoms with Gasteiger partial charge in [-0.3, -0.25) is 0 Å².